The first kappa shape index (κ1) is 19.6. The molecule has 0 bridgehead atoms. The predicted molar refractivity (Wildman–Crippen MR) is 93.1 cm³/mol. The van der Waals surface area contributed by atoms with E-state index in [0.29, 0.717) is 18.8 Å². The van der Waals surface area contributed by atoms with Crippen LogP contribution in [0.15, 0.2) is 18.2 Å². The van der Waals surface area contributed by atoms with Gasteiger partial charge in [-0.05, 0) is 49.8 Å². The Bertz CT molecular complexity index is 695. The van der Waals surface area contributed by atoms with Gasteiger partial charge in [0.05, 0.1) is 7.11 Å². The lowest BCUT2D eigenvalue weighted by Gasteiger charge is -2.36. The molecule has 8 heteroatoms. The normalized spacial score (nSPS) is 22.3. The van der Waals surface area contributed by atoms with Crippen LogP contribution in [0.25, 0.3) is 0 Å². The van der Waals surface area contributed by atoms with E-state index in [1.54, 1.807) is 0 Å². The highest BCUT2D eigenvalue weighted by atomic mass is 16.5. The van der Waals surface area contributed by atoms with Gasteiger partial charge in [-0.15, -0.1) is 0 Å². The molecular weight excluding hydrogens is 340 g/mol. The zero-order chi connectivity index (χ0) is 19.3. The summed E-state index contributed by atoms with van der Waals surface area (Å²) in [5.74, 6) is -1.19. The van der Waals surface area contributed by atoms with Gasteiger partial charge >= 0.3 is 5.97 Å². The highest BCUT2D eigenvalue weighted by Gasteiger charge is 2.42. The Hall–Kier alpha value is -2.77. The number of nitrogens with one attached hydrogen (secondary N) is 1. The van der Waals surface area contributed by atoms with Crippen LogP contribution in [0.1, 0.15) is 43.0 Å². The lowest BCUT2D eigenvalue weighted by Crippen LogP contribution is -2.56. The van der Waals surface area contributed by atoms with E-state index in [1.165, 1.54) is 25.3 Å². The average molecular weight is 364 g/mol. The number of methoxy groups -OCH3 is 1. The molecule has 26 heavy (non-hydrogen) atoms. The lowest BCUT2D eigenvalue weighted by molar-refractivity contribution is -0.146. The molecule has 0 aliphatic heterocycles. The first-order valence-corrected chi connectivity index (χ1v) is 8.42. The molecule has 1 aromatic rings. The molecular formula is C18H24N2O6. The van der Waals surface area contributed by atoms with E-state index in [1.807, 2.05) is 0 Å². The molecule has 1 saturated carbocycles. The Labute approximate surface area is 151 Å². The van der Waals surface area contributed by atoms with Gasteiger partial charge in [0.2, 0.25) is 0 Å². The summed E-state index contributed by atoms with van der Waals surface area (Å²) in [4.78, 5) is 35.2. The third-order valence-corrected chi connectivity index (χ3v) is 4.69. The number of benzene rings is 1. The Morgan fingerprint density at radius 2 is 1.92 bits per heavy atom. The maximum absolute atomic E-state index is 12.6. The van der Waals surface area contributed by atoms with Gasteiger partial charge in [-0.25, -0.2) is 4.79 Å². The first-order chi connectivity index (χ1) is 12.3. The number of nitrogens with two attached hydrogens (primary N) is 1. The number of aliphatic carboxylic acids is 1. The van der Waals surface area contributed by atoms with E-state index in [2.05, 4.69) is 12.2 Å². The Kier molecular flexibility index (Phi) is 6.07. The fourth-order valence-corrected chi connectivity index (χ4v) is 3.01. The summed E-state index contributed by atoms with van der Waals surface area (Å²) < 4.78 is 10.4. The van der Waals surface area contributed by atoms with Crippen LogP contribution in [0.2, 0.25) is 0 Å². The fraction of sp³-hybridized carbons (Fsp3) is 0.500. The molecule has 0 radical (unpaired) electrons. The summed E-state index contributed by atoms with van der Waals surface area (Å²) in [7, 11) is 1.40. The smallest absolute Gasteiger partial charge is 0.329 e. The van der Waals surface area contributed by atoms with Gasteiger partial charge in [-0.1, -0.05) is 6.92 Å². The van der Waals surface area contributed by atoms with E-state index in [4.69, 9.17) is 15.2 Å². The molecule has 0 atom stereocenters. The molecule has 4 N–H and O–H groups in total. The van der Waals surface area contributed by atoms with E-state index in [-0.39, 0.29) is 23.7 Å². The SMILES string of the molecule is COc1cc(C(=O)NC2(C(=O)O)CCC(C)CC2)ccc1OCC(N)=O. The van der Waals surface area contributed by atoms with Gasteiger partial charge in [0, 0.05) is 5.56 Å². The number of carbonyl (C=O) groups is 3. The molecule has 142 valence electrons. The summed E-state index contributed by atoms with van der Waals surface area (Å²) in [5, 5.41) is 12.3. The maximum Gasteiger partial charge on any atom is 0.329 e. The Morgan fingerprint density at radius 1 is 1.27 bits per heavy atom. The third-order valence-electron chi connectivity index (χ3n) is 4.69. The number of hydrogen-bond acceptors (Lipinski definition) is 5. The van der Waals surface area contributed by atoms with E-state index < -0.39 is 23.3 Å². The Morgan fingerprint density at radius 3 is 2.46 bits per heavy atom. The van der Waals surface area contributed by atoms with E-state index in [0.717, 1.165) is 12.8 Å². The first-order valence-electron chi connectivity index (χ1n) is 8.42. The van der Waals surface area contributed by atoms with Crippen LogP contribution in [-0.4, -0.2) is 42.1 Å². The molecule has 0 heterocycles. The molecule has 1 aliphatic carbocycles. The number of ether oxygens (including phenoxy) is 2. The molecule has 0 spiro atoms. The monoisotopic (exact) mass is 364 g/mol. The van der Waals surface area contributed by atoms with Crippen molar-refractivity contribution in [3.05, 3.63) is 23.8 Å². The molecule has 1 aliphatic rings. The van der Waals surface area contributed by atoms with Gasteiger partial charge in [0.15, 0.2) is 18.1 Å². The maximum atomic E-state index is 12.6. The zero-order valence-corrected chi connectivity index (χ0v) is 14.9. The molecule has 0 unspecified atom stereocenters. The highest BCUT2D eigenvalue weighted by Crippen LogP contribution is 2.33. The number of rotatable bonds is 7. The predicted octanol–water partition coefficient (Wildman–Crippen LogP) is 1.32. The van der Waals surface area contributed by atoms with Crippen LogP contribution < -0.4 is 20.5 Å². The van der Waals surface area contributed by atoms with Crippen LogP contribution >= 0.6 is 0 Å². The van der Waals surface area contributed by atoms with Crippen molar-refractivity contribution in [1.82, 2.24) is 5.32 Å². The zero-order valence-electron chi connectivity index (χ0n) is 14.9. The van der Waals surface area contributed by atoms with Gasteiger partial charge in [0.1, 0.15) is 5.54 Å². The van der Waals surface area contributed by atoms with Gasteiger partial charge in [0.25, 0.3) is 11.8 Å². The van der Waals surface area contributed by atoms with Crippen molar-refractivity contribution >= 4 is 17.8 Å². The fourth-order valence-electron chi connectivity index (χ4n) is 3.01. The van der Waals surface area contributed by atoms with Gasteiger partial charge in [-0.3, -0.25) is 9.59 Å². The molecule has 2 rings (SSSR count). The van der Waals surface area contributed by atoms with Crippen molar-refractivity contribution in [2.45, 2.75) is 38.1 Å². The minimum absolute atomic E-state index is 0.243. The molecule has 0 saturated heterocycles. The highest BCUT2D eigenvalue weighted by molar-refractivity contribution is 5.98. The van der Waals surface area contributed by atoms with Crippen LogP contribution in [-0.2, 0) is 9.59 Å². The quantitative estimate of drug-likeness (QED) is 0.669. The standard InChI is InChI=1S/C18H24N2O6/c1-11-5-7-18(8-6-11,17(23)24)20-16(22)12-3-4-13(14(9-12)25-2)26-10-15(19)21/h3-4,9,11H,5-8,10H2,1-2H3,(H2,19,21)(H,20,22)(H,23,24). The molecule has 1 fully saturated rings. The largest absolute Gasteiger partial charge is 0.493 e. The number of primary amides is 1. The van der Waals surface area contributed by atoms with Crippen molar-refractivity contribution in [3.63, 3.8) is 0 Å². The minimum Gasteiger partial charge on any atom is -0.493 e. The summed E-state index contributed by atoms with van der Waals surface area (Å²) >= 11 is 0. The summed E-state index contributed by atoms with van der Waals surface area (Å²) in [6, 6.07) is 4.40. The number of amides is 2. The van der Waals surface area contributed by atoms with Crippen molar-refractivity contribution in [3.8, 4) is 11.5 Å². The number of hydrogen-bond donors (Lipinski definition) is 3. The minimum atomic E-state index is -1.25. The number of carbonyl (C=O) groups excluding carboxylic acids is 2. The average Bonchev–Trinajstić information content (AvgIpc) is 2.61. The number of carboxylic acid groups (broad SMARTS) is 1. The van der Waals surface area contributed by atoms with Crippen LogP contribution in [0, 0.1) is 5.92 Å². The second-order valence-corrected chi connectivity index (χ2v) is 6.64. The van der Waals surface area contributed by atoms with E-state index in [9.17, 15) is 19.5 Å². The van der Waals surface area contributed by atoms with Gasteiger partial charge in [-0.2, -0.15) is 0 Å². The summed E-state index contributed by atoms with van der Waals surface area (Å²) in [6.07, 6.45) is 2.28. The van der Waals surface area contributed by atoms with Gasteiger partial charge < -0.3 is 25.6 Å². The molecule has 0 aromatic heterocycles. The third kappa shape index (κ3) is 4.44. The second kappa shape index (κ2) is 8.07. The summed E-state index contributed by atoms with van der Waals surface area (Å²) in [6.45, 7) is 1.76. The van der Waals surface area contributed by atoms with Crippen molar-refractivity contribution < 1.29 is 29.0 Å². The van der Waals surface area contributed by atoms with Crippen molar-refractivity contribution in [2.24, 2.45) is 11.7 Å². The lowest BCUT2D eigenvalue weighted by atomic mass is 9.77. The van der Waals surface area contributed by atoms with Crippen LogP contribution in [0.4, 0.5) is 0 Å². The molecule has 8 nitrogen and oxygen atoms in total. The van der Waals surface area contributed by atoms with Crippen LogP contribution in [0.3, 0.4) is 0 Å². The van der Waals surface area contributed by atoms with Crippen molar-refractivity contribution in [1.29, 1.82) is 0 Å². The topological polar surface area (TPSA) is 128 Å². The van der Waals surface area contributed by atoms with Crippen LogP contribution in [0.5, 0.6) is 11.5 Å². The Balaban J connectivity index is 2.17. The molecule has 1 aromatic carbocycles. The van der Waals surface area contributed by atoms with E-state index >= 15 is 0 Å². The number of carboxylic acids is 1. The summed E-state index contributed by atoms with van der Waals surface area (Å²) in [5.41, 5.74) is 4.03. The molecule has 2 amide bonds. The second-order valence-electron chi connectivity index (χ2n) is 6.64. The van der Waals surface area contributed by atoms with Crippen molar-refractivity contribution in [2.75, 3.05) is 13.7 Å².